The van der Waals surface area contributed by atoms with Crippen molar-refractivity contribution < 1.29 is 19.1 Å². The molecule has 3 rings (SSSR count). The minimum Gasteiger partial charge on any atom is -0.497 e. The van der Waals surface area contributed by atoms with E-state index >= 15 is 0 Å². The first kappa shape index (κ1) is 24.7. The van der Waals surface area contributed by atoms with Crippen LogP contribution in [0.25, 0.3) is 10.1 Å². The lowest BCUT2D eigenvalue weighted by Crippen LogP contribution is -2.48. The number of nitrogens with one attached hydrogen (secondary N) is 4. The molecule has 0 fully saturated rings. The van der Waals surface area contributed by atoms with Crippen LogP contribution in [0.2, 0.25) is 10.0 Å². The summed E-state index contributed by atoms with van der Waals surface area (Å²) in [7, 11) is 1.55. The number of rotatable bonds is 6. The average Bonchev–Trinajstić information content (AvgIpc) is 3.13. The largest absolute Gasteiger partial charge is 0.497 e. The maximum Gasteiger partial charge on any atom is 0.269 e. The molecule has 0 atom stereocenters. The number of para-hydroxylation sites is 1. The number of thiocarbonyl (C=S) groups is 1. The van der Waals surface area contributed by atoms with Crippen LogP contribution in [0.15, 0.2) is 42.5 Å². The fourth-order valence-corrected chi connectivity index (χ4v) is 4.47. The molecule has 1 heterocycles. The summed E-state index contributed by atoms with van der Waals surface area (Å²) in [5.41, 5.74) is 5.22. The zero-order chi connectivity index (χ0) is 24.0. The van der Waals surface area contributed by atoms with Crippen molar-refractivity contribution in [2.45, 2.75) is 12.8 Å². The van der Waals surface area contributed by atoms with Gasteiger partial charge in [0.05, 0.1) is 22.8 Å². The summed E-state index contributed by atoms with van der Waals surface area (Å²) in [6, 6.07) is 12.1. The molecule has 2 aromatic carbocycles. The molecule has 33 heavy (non-hydrogen) atoms. The number of halogens is 2. The first-order valence-electron chi connectivity index (χ1n) is 9.49. The molecule has 0 aliphatic rings. The molecule has 3 amide bonds. The number of thiophene rings is 1. The van der Waals surface area contributed by atoms with Gasteiger partial charge in [0.2, 0.25) is 11.8 Å². The predicted molar refractivity (Wildman–Crippen MR) is 134 cm³/mol. The lowest BCUT2D eigenvalue weighted by molar-refractivity contribution is -0.124. The number of ether oxygens (including phenoxy) is 1. The Hall–Kier alpha value is -2.92. The predicted octanol–water partition coefficient (Wildman–Crippen LogP) is 4.27. The van der Waals surface area contributed by atoms with E-state index in [1.54, 1.807) is 49.6 Å². The van der Waals surface area contributed by atoms with Crippen molar-refractivity contribution in [1.82, 2.24) is 16.2 Å². The van der Waals surface area contributed by atoms with E-state index in [1.807, 2.05) is 0 Å². The van der Waals surface area contributed by atoms with Gasteiger partial charge >= 0.3 is 0 Å². The molecule has 12 heteroatoms. The number of benzene rings is 2. The van der Waals surface area contributed by atoms with Gasteiger partial charge in [0.15, 0.2) is 5.11 Å². The minimum absolute atomic E-state index is 0.0707. The second kappa shape index (κ2) is 11.3. The summed E-state index contributed by atoms with van der Waals surface area (Å²) >= 11 is 18.5. The molecule has 0 aliphatic carbocycles. The van der Waals surface area contributed by atoms with Crippen molar-refractivity contribution in [3.63, 3.8) is 0 Å². The van der Waals surface area contributed by atoms with Crippen molar-refractivity contribution in [2.75, 3.05) is 12.4 Å². The molecule has 8 nitrogen and oxygen atoms in total. The van der Waals surface area contributed by atoms with E-state index in [9.17, 15) is 14.4 Å². The Kier molecular flexibility index (Phi) is 8.45. The van der Waals surface area contributed by atoms with E-state index in [1.165, 1.54) is 11.3 Å². The molecule has 4 N–H and O–H groups in total. The molecule has 0 unspecified atom stereocenters. The molecule has 1 aromatic heterocycles. The Morgan fingerprint density at radius 3 is 2.48 bits per heavy atom. The van der Waals surface area contributed by atoms with Crippen molar-refractivity contribution in [2.24, 2.45) is 0 Å². The second-order valence-electron chi connectivity index (χ2n) is 6.59. The topological polar surface area (TPSA) is 109 Å². The van der Waals surface area contributed by atoms with E-state index in [0.717, 1.165) is 10.1 Å². The van der Waals surface area contributed by atoms with Crippen LogP contribution in [0.1, 0.15) is 22.5 Å². The highest BCUT2D eigenvalue weighted by atomic mass is 35.5. The molecule has 0 spiro atoms. The fourth-order valence-electron chi connectivity index (χ4n) is 2.70. The first-order valence-corrected chi connectivity index (χ1v) is 11.5. The summed E-state index contributed by atoms with van der Waals surface area (Å²) in [6.45, 7) is 0. The number of methoxy groups -OCH3 is 1. The molecular weight excluding hydrogens is 507 g/mol. The van der Waals surface area contributed by atoms with E-state index < -0.39 is 11.8 Å². The smallest absolute Gasteiger partial charge is 0.269 e. The number of carbonyl (C=O) groups excluding carboxylic acids is 3. The standard InChI is InChI=1S/C21H18Cl2N4O4S2/c1-31-11-6-7-12-15(10-11)33-19(18(12)23)20(30)25-21(32)27-26-17(29)9-8-16(28)24-14-5-3-2-4-13(14)22/h2-7,10H,8-9H2,1H3,(H,24,28)(H,26,29)(H2,25,27,30,32). The summed E-state index contributed by atoms with van der Waals surface area (Å²) in [5, 5.41) is 6.37. The normalized spacial score (nSPS) is 10.4. The number of hydrazine groups is 1. The summed E-state index contributed by atoms with van der Waals surface area (Å²) in [6.07, 6.45) is -0.178. The van der Waals surface area contributed by atoms with Gasteiger partial charge < -0.3 is 10.1 Å². The van der Waals surface area contributed by atoms with Crippen LogP contribution < -0.4 is 26.2 Å². The third-order valence-corrected chi connectivity index (χ3v) is 6.50. The van der Waals surface area contributed by atoms with E-state index in [2.05, 4.69) is 21.5 Å². The van der Waals surface area contributed by atoms with Gasteiger partial charge in [-0.3, -0.25) is 30.6 Å². The van der Waals surface area contributed by atoms with Gasteiger partial charge in [-0.15, -0.1) is 11.3 Å². The molecule has 0 radical (unpaired) electrons. The highest BCUT2D eigenvalue weighted by molar-refractivity contribution is 7.80. The van der Waals surface area contributed by atoms with Gasteiger partial charge in [-0.1, -0.05) is 35.3 Å². The molecule has 0 aliphatic heterocycles. The number of amides is 3. The van der Waals surface area contributed by atoms with E-state index in [0.29, 0.717) is 21.5 Å². The number of anilines is 1. The van der Waals surface area contributed by atoms with Crippen molar-refractivity contribution in [3.8, 4) is 5.75 Å². The third kappa shape index (κ3) is 6.55. The second-order valence-corrected chi connectivity index (χ2v) is 8.84. The van der Waals surface area contributed by atoms with Gasteiger partial charge in [0.1, 0.15) is 10.6 Å². The Labute approximate surface area is 208 Å². The number of hydrogen-bond acceptors (Lipinski definition) is 6. The Morgan fingerprint density at radius 2 is 1.76 bits per heavy atom. The maximum atomic E-state index is 12.5. The third-order valence-electron chi connectivity index (χ3n) is 4.31. The molecule has 3 aromatic rings. The van der Waals surface area contributed by atoms with Crippen molar-refractivity contribution >= 4 is 85.4 Å². The Morgan fingerprint density at radius 1 is 1.03 bits per heavy atom. The molecular formula is C21H18Cl2N4O4S2. The summed E-state index contributed by atoms with van der Waals surface area (Å²) in [5.74, 6) is -0.739. The molecule has 0 bridgehead atoms. The number of hydrogen-bond donors (Lipinski definition) is 4. The lowest BCUT2D eigenvalue weighted by atomic mass is 10.2. The number of carbonyl (C=O) groups is 3. The summed E-state index contributed by atoms with van der Waals surface area (Å²) < 4.78 is 5.97. The van der Waals surface area contributed by atoms with Gasteiger partial charge in [-0.2, -0.15) is 0 Å². The highest BCUT2D eigenvalue weighted by Gasteiger charge is 2.19. The Balaban J connectivity index is 1.46. The SMILES string of the molecule is COc1ccc2c(Cl)c(C(=O)NC(=S)NNC(=O)CCC(=O)Nc3ccccc3Cl)sc2c1. The van der Waals surface area contributed by atoms with Crippen LogP contribution >= 0.6 is 46.8 Å². The molecule has 172 valence electrons. The zero-order valence-corrected chi connectivity index (χ0v) is 20.3. The lowest BCUT2D eigenvalue weighted by Gasteiger charge is -2.10. The van der Waals surface area contributed by atoms with Gasteiger partial charge in [0, 0.05) is 22.9 Å². The van der Waals surface area contributed by atoms with Gasteiger partial charge in [-0.05, 0) is 42.5 Å². The van der Waals surface area contributed by atoms with Crippen LogP contribution in [0.5, 0.6) is 5.75 Å². The van der Waals surface area contributed by atoms with Crippen LogP contribution in [0, 0.1) is 0 Å². The highest BCUT2D eigenvalue weighted by Crippen LogP contribution is 2.37. The van der Waals surface area contributed by atoms with E-state index in [-0.39, 0.29) is 28.7 Å². The Bertz CT molecular complexity index is 1230. The zero-order valence-electron chi connectivity index (χ0n) is 17.2. The monoisotopic (exact) mass is 524 g/mol. The van der Waals surface area contributed by atoms with Crippen LogP contribution in [-0.4, -0.2) is 29.9 Å². The molecule has 0 saturated heterocycles. The number of fused-ring (bicyclic) bond motifs is 1. The van der Waals surface area contributed by atoms with Crippen LogP contribution in [0.3, 0.4) is 0 Å². The van der Waals surface area contributed by atoms with Crippen molar-refractivity contribution in [3.05, 3.63) is 57.4 Å². The quantitative estimate of drug-likeness (QED) is 0.283. The fraction of sp³-hybridized carbons (Fsp3) is 0.143. The van der Waals surface area contributed by atoms with E-state index in [4.69, 9.17) is 40.2 Å². The van der Waals surface area contributed by atoms with Crippen LogP contribution in [0.4, 0.5) is 5.69 Å². The average molecular weight is 525 g/mol. The minimum atomic E-state index is -0.522. The maximum absolute atomic E-state index is 12.5. The van der Waals surface area contributed by atoms with Gasteiger partial charge in [-0.25, -0.2) is 0 Å². The summed E-state index contributed by atoms with van der Waals surface area (Å²) in [4.78, 5) is 36.8. The molecule has 0 saturated carbocycles. The van der Waals surface area contributed by atoms with Crippen molar-refractivity contribution in [1.29, 1.82) is 0 Å². The van der Waals surface area contributed by atoms with Crippen LogP contribution in [-0.2, 0) is 9.59 Å². The van der Waals surface area contributed by atoms with Gasteiger partial charge in [0.25, 0.3) is 5.91 Å². The first-order chi connectivity index (χ1) is 15.8.